The Morgan fingerprint density at radius 3 is 2.90 bits per heavy atom. The fourth-order valence-corrected chi connectivity index (χ4v) is 2.08. The second-order valence-corrected chi connectivity index (χ2v) is 4.40. The maximum absolute atomic E-state index is 14.9. The number of nitrogen functional groups attached to an aromatic ring is 1. The van der Waals surface area contributed by atoms with Crippen molar-refractivity contribution in [2.24, 2.45) is 0 Å². The number of hydrogen-bond donors (Lipinski definition) is 3. The Labute approximate surface area is 118 Å². The molecule has 9 heteroatoms. The quantitative estimate of drug-likeness (QED) is 0.589. The normalized spacial score (nSPS) is 31.7. The smallest absolute Gasteiger partial charge is 0.351 e. The molecule has 0 bridgehead atoms. The lowest BCUT2D eigenvalue weighted by Gasteiger charge is -2.23. The van der Waals surface area contributed by atoms with Gasteiger partial charge in [0.15, 0.2) is 6.23 Å². The molecule has 1 aromatic rings. The molecule has 4 atom stereocenters. The Morgan fingerprint density at radius 1 is 1.62 bits per heavy atom. The van der Waals surface area contributed by atoms with Gasteiger partial charge in [0.25, 0.3) is 0 Å². The van der Waals surface area contributed by atoms with Crippen LogP contribution in [0.4, 0.5) is 14.6 Å². The highest BCUT2D eigenvalue weighted by Crippen LogP contribution is 2.40. The Hall–Kier alpha value is -2.02. The molecule has 0 saturated carbocycles. The van der Waals surface area contributed by atoms with E-state index in [4.69, 9.17) is 15.6 Å². The molecule has 0 aliphatic carbocycles. The number of nitrogens with zero attached hydrogens (tertiary/aromatic N) is 2. The summed E-state index contributed by atoms with van der Waals surface area (Å²) in [5, 5.41) is 18.9. The van der Waals surface area contributed by atoms with Crippen molar-refractivity contribution in [2.75, 3.05) is 19.0 Å². The summed E-state index contributed by atoms with van der Waals surface area (Å²) in [5.41, 5.74) is 1.64. The van der Waals surface area contributed by atoms with Gasteiger partial charge in [0.05, 0.1) is 6.61 Å². The van der Waals surface area contributed by atoms with Crippen LogP contribution in [0.5, 0.6) is 0 Å². The van der Waals surface area contributed by atoms with E-state index in [0.29, 0.717) is 0 Å². The zero-order valence-corrected chi connectivity index (χ0v) is 10.7. The highest BCUT2D eigenvalue weighted by Gasteiger charge is 2.57. The molecule has 4 N–H and O–H groups in total. The van der Waals surface area contributed by atoms with E-state index in [2.05, 4.69) is 4.98 Å². The van der Waals surface area contributed by atoms with Crippen molar-refractivity contribution in [1.82, 2.24) is 9.55 Å². The minimum Gasteiger partial charge on any atom is -0.394 e. The second-order valence-electron chi connectivity index (χ2n) is 4.40. The van der Waals surface area contributed by atoms with Crippen LogP contribution in [0.25, 0.3) is 0 Å². The van der Waals surface area contributed by atoms with E-state index in [9.17, 15) is 18.7 Å². The van der Waals surface area contributed by atoms with Crippen LogP contribution in [0, 0.1) is 11.8 Å². The molecule has 7 nitrogen and oxygen atoms in total. The van der Waals surface area contributed by atoms with Gasteiger partial charge in [-0.25, -0.2) is 13.6 Å². The van der Waals surface area contributed by atoms with Crippen LogP contribution in [0.3, 0.4) is 0 Å². The monoisotopic (exact) mass is 301 g/mol. The lowest BCUT2D eigenvalue weighted by atomic mass is 9.96. The third kappa shape index (κ3) is 2.61. The van der Waals surface area contributed by atoms with Gasteiger partial charge < -0.3 is 20.7 Å². The SMILES string of the molecule is Nc1ccn([C@@H]2O[C@H](CO)C(O)[C@]2(F)C#CCF)c(=O)n1. The van der Waals surface area contributed by atoms with E-state index in [0.717, 1.165) is 10.8 Å². The highest BCUT2D eigenvalue weighted by atomic mass is 19.1. The molecule has 2 heterocycles. The lowest BCUT2D eigenvalue weighted by Crippen LogP contribution is -2.44. The second kappa shape index (κ2) is 5.77. The molecule has 1 saturated heterocycles. The average Bonchev–Trinajstić information content (AvgIpc) is 2.70. The number of aromatic nitrogens is 2. The van der Waals surface area contributed by atoms with E-state index >= 15 is 0 Å². The Bertz CT molecular complexity index is 641. The molecule has 0 amide bonds. The standard InChI is InChI=1S/C12H13F2N3O4/c13-4-1-3-12(14)9(19)7(6-18)21-10(12)17-5-2-8(15)16-11(17)20/h2,5,7,9-10,18-19H,4,6H2,(H2,15,16,20)/t7-,9?,10-,12-/m1/s1. The van der Waals surface area contributed by atoms with Crippen LogP contribution in [0.1, 0.15) is 6.23 Å². The van der Waals surface area contributed by atoms with Crippen LogP contribution in [0.15, 0.2) is 17.1 Å². The zero-order valence-electron chi connectivity index (χ0n) is 10.7. The van der Waals surface area contributed by atoms with Crippen LogP contribution in [0.2, 0.25) is 0 Å². The van der Waals surface area contributed by atoms with Crippen molar-refractivity contribution < 1.29 is 23.7 Å². The summed E-state index contributed by atoms with van der Waals surface area (Å²) < 4.78 is 33.0. The van der Waals surface area contributed by atoms with Crippen molar-refractivity contribution in [3.8, 4) is 11.8 Å². The van der Waals surface area contributed by atoms with Gasteiger partial charge in [-0.2, -0.15) is 4.98 Å². The molecule has 0 spiro atoms. The van der Waals surface area contributed by atoms with Crippen LogP contribution < -0.4 is 11.4 Å². The van der Waals surface area contributed by atoms with E-state index in [1.54, 1.807) is 0 Å². The number of alkyl halides is 2. The zero-order chi connectivity index (χ0) is 15.6. The fraction of sp³-hybridized carbons (Fsp3) is 0.500. The van der Waals surface area contributed by atoms with Gasteiger partial charge >= 0.3 is 5.69 Å². The predicted octanol–water partition coefficient (Wildman–Crippen LogP) is -1.24. The molecule has 0 radical (unpaired) electrons. The molecule has 1 aliphatic heterocycles. The molecule has 1 aliphatic rings. The fourth-order valence-electron chi connectivity index (χ4n) is 2.08. The Morgan fingerprint density at radius 2 is 2.33 bits per heavy atom. The maximum atomic E-state index is 14.9. The summed E-state index contributed by atoms with van der Waals surface area (Å²) in [6, 6.07) is 1.23. The number of aliphatic hydroxyl groups is 2. The molecule has 1 unspecified atom stereocenters. The largest absolute Gasteiger partial charge is 0.394 e. The van der Waals surface area contributed by atoms with Crippen LogP contribution in [-0.4, -0.2) is 50.9 Å². The first-order chi connectivity index (χ1) is 9.93. The van der Waals surface area contributed by atoms with Crippen LogP contribution >= 0.6 is 0 Å². The summed E-state index contributed by atoms with van der Waals surface area (Å²) in [7, 11) is 0. The third-order valence-electron chi connectivity index (χ3n) is 3.08. The summed E-state index contributed by atoms with van der Waals surface area (Å²) in [6.07, 6.45) is -3.72. The van der Waals surface area contributed by atoms with E-state index in [1.165, 1.54) is 6.07 Å². The topological polar surface area (TPSA) is 111 Å². The average molecular weight is 301 g/mol. The van der Waals surface area contributed by atoms with Gasteiger partial charge in [-0.1, -0.05) is 11.8 Å². The van der Waals surface area contributed by atoms with E-state index in [-0.39, 0.29) is 5.82 Å². The number of aliphatic hydroxyl groups excluding tert-OH is 2. The summed E-state index contributed by atoms with van der Waals surface area (Å²) >= 11 is 0. The van der Waals surface area contributed by atoms with Gasteiger partial charge in [-0.15, -0.1) is 0 Å². The summed E-state index contributed by atoms with van der Waals surface area (Å²) in [6.45, 7) is -1.83. The number of ether oxygens (including phenoxy) is 1. The van der Waals surface area contributed by atoms with Gasteiger partial charge in [0, 0.05) is 6.20 Å². The van der Waals surface area contributed by atoms with Gasteiger partial charge in [0.2, 0.25) is 5.67 Å². The molecule has 2 rings (SSSR count). The van der Waals surface area contributed by atoms with Crippen molar-refractivity contribution >= 4 is 5.82 Å². The molecule has 1 aromatic heterocycles. The Balaban J connectivity index is 2.51. The van der Waals surface area contributed by atoms with Crippen LogP contribution in [-0.2, 0) is 4.74 Å². The molecular weight excluding hydrogens is 288 g/mol. The van der Waals surface area contributed by atoms with E-state index < -0.39 is 43.1 Å². The van der Waals surface area contributed by atoms with Crippen molar-refractivity contribution in [3.05, 3.63) is 22.7 Å². The molecule has 21 heavy (non-hydrogen) atoms. The number of anilines is 1. The molecule has 114 valence electrons. The predicted molar refractivity (Wildman–Crippen MR) is 67.5 cm³/mol. The minimum absolute atomic E-state index is 0.0761. The highest BCUT2D eigenvalue weighted by molar-refractivity contribution is 5.26. The molecule has 1 fully saturated rings. The van der Waals surface area contributed by atoms with Gasteiger partial charge in [-0.3, -0.25) is 4.57 Å². The first-order valence-corrected chi connectivity index (χ1v) is 5.98. The molecule has 0 aromatic carbocycles. The number of nitrogens with two attached hydrogens (primary N) is 1. The van der Waals surface area contributed by atoms with E-state index in [1.807, 2.05) is 11.8 Å². The van der Waals surface area contributed by atoms with Crippen molar-refractivity contribution in [1.29, 1.82) is 0 Å². The number of rotatable bonds is 2. The summed E-state index contributed by atoms with van der Waals surface area (Å²) in [4.78, 5) is 15.2. The summed E-state index contributed by atoms with van der Waals surface area (Å²) in [5.74, 6) is 3.70. The molecular formula is C12H13F2N3O4. The number of hydrogen-bond acceptors (Lipinski definition) is 6. The van der Waals surface area contributed by atoms with Gasteiger partial charge in [0.1, 0.15) is 24.7 Å². The third-order valence-corrected chi connectivity index (χ3v) is 3.08. The maximum Gasteiger partial charge on any atom is 0.351 e. The minimum atomic E-state index is -2.76. The van der Waals surface area contributed by atoms with Crippen molar-refractivity contribution in [2.45, 2.75) is 24.1 Å². The number of halogens is 2. The first kappa shape index (κ1) is 15.4. The van der Waals surface area contributed by atoms with Gasteiger partial charge in [-0.05, 0) is 6.07 Å². The Kier molecular flexibility index (Phi) is 4.22. The first-order valence-electron chi connectivity index (χ1n) is 5.98. The lowest BCUT2D eigenvalue weighted by molar-refractivity contribution is -0.0542. The van der Waals surface area contributed by atoms with Crippen molar-refractivity contribution in [3.63, 3.8) is 0 Å².